The number of hydrogen-bond acceptors (Lipinski definition) is 3. The maximum Gasteiger partial charge on any atom is 0.240 e. The second-order valence-electron chi connectivity index (χ2n) is 5.86. The van der Waals surface area contributed by atoms with E-state index >= 15 is 0 Å². The number of nitrogens with zero attached hydrogens (tertiary/aromatic N) is 2. The SMILES string of the molecule is CCCN(CC(=O)N(CC)C1=CCCCC1)C1CNC1. The van der Waals surface area contributed by atoms with Gasteiger partial charge in [0, 0.05) is 31.4 Å². The molecule has 20 heavy (non-hydrogen) atoms. The molecule has 1 heterocycles. The van der Waals surface area contributed by atoms with E-state index in [1.165, 1.54) is 18.5 Å². The summed E-state index contributed by atoms with van der Waals surface area (Å²) in [6, 6.07) is 0.554. The third-order valence-electron chi connectivity index (χ3n) is 4.36. The first-order chi connectivity index (χ1) is 9.76. The van der Waals surface area contributed by atoms with Crippen LogP contribution in [-0.4, -0.2) is 54.5 Å². The zero-order chi connectivity index (χ0) is 14.4. The van der Waals surface area contributed by atoms with Gasteiger partial charge in [0.2, 0.25) is 5.91 Å². The fourth-order valence-corrected chi connectivity index (χ4v) is 3.07. The predicted octanol–water partition coefficient (Wildman–Crippen LogP) is 1.98. The molecular formula is C16H29N3O. The molecule has 4 heteroatoms. The normalized spacial score (nSPS) is 19.6. The Labute approximate surface area is 123 Å². The van der Waals surface area contributed by atoms with Crippen molar-refractivity contribution in [2.75, 3.05) is 32.7 Å². The molecule has 114 valence electrons. The smallest absolute Gasteiger partial charge is 0.240 e. The second kappa shape index (κ2) is 7.79. The first-order valence-corrected chi connectivity index (χ1v) is 8.20. The highest BCUT2D eigenvalue weighted by Crippen LogP contribution is 2.21. The van der Waals surface area contributed by atoms with Gasteiger partial charge in [0.25, 0.3) is 0 Å². The lowest BCUT2D eigenvalue weighted by molar-refractivity contribution is -0.131. The Kier molecular flexibility index (Phi) is 6.05. The van der Waals surface area contributed by atoms with Crippen LogP contribution in [0.15, 0.2) is 11.8 Å². The molecule has 2 aliphatic rings. The van der Waals surface area contributed by atoms with Gasteiger partial charge in [0.15, 0.2) is 0 Å². The topological polar surface area (TPSA) is 35.6 Å². The van der Waals surface area contributed by atoms with Gasteiger partial charge in [-0.3, -0.25) is 9.69 Å². The van der Waals surface area contributed by atoms with Crippen molar-refractivity contribution < 1.29 is 4.79 Å². The Hall–Kier alpha value is -0.870. The molecule has 0 atom stereocenters. The van der Waals surface area contributed by atoms with Gasteiger partial charge in [-0.05, 0) is 45.6 Å². The molecule has 0 radical (unpaired) electrons. The van der Waals surface area contributed by atoms with Gasteiger partial charge in [-0.15, -0.1) is 0 Å². The summed E-state index contributed by atoms with van der Waals surface area (Å²) < 4.78 is 0. The van der Waals surface area contributed by atoms with Crippen molar-refractivity contribution in [3.8, 4) is 0 Å². The Bertz CT molecular complexity index is 350. The van der Waals surface area contributed by atoms with Crippen molar-refractivity contribution >= 4 is 5.91 Å². The summed E-state index contributed by atoms with van der Waals surface area (Å²) >= 11 is 0. The lowest BCUT2D eigenvalue weighted by Gasteiger charge is -2.39. The predicted molar refractivity (Wildman–Crippen MR) is 82.5 cm³/mol. The van der Waals surface area contributed by atoms with Crippen LogP contribution in [0.4, 0.5) is 0 Å². The third kappa shape index (κ3) is 3.83. The van der Waals surface area contributed by atoms with Gasteiger partial charge < -0.3 is 10.2 Å². The molecule has 0 aromatic carbocycles. The van der Waals surface area contributed by atoms with E-state index in [2.05, 4.69) is 30.1 Å². The van der Waals surface area contributed by atoms with Crippen molar-refractivity contribution in [3.63, 3.8) is 0 Å². The first kappa shape index (κ1) is 15.5. The van der Waals surface area contributed by atoms with E-state index in [1.54, 1.807) is 0 Å². The van der Waals surface area contributed by atoms with Crippen LogP contribution in [0.5, 0.6) is 0 Å². The van der Waals surface area contributed by atoms with Crippen molar-refractivity contribution in [1.29, 1.82) is 0 Å². The first-order valence-electron chi connectivity index (χ1n) is 8.20. The quantitative estimate of drug-likeness (QED) is 0.774. The number of carbonyl (C=O) groups excluding carboxylic acids is 1. The van der Waals surface area contributed by atoms with Crippen LogP contribution < -0.4 is 5.32 Å². The number of likely N-dealkylation sites (N-methyl/N-ethyl adjacent to an activating group) is 1. The number of carbonyl (C=O) groups is 1. The van der Waals surface area contributed by atoms with Crippen LogP contribution in [0, 0.1) is 0 Å². The van der Waals surface area contributed by atoms with E-state index in [-0.39, 0.29) is 5.91 Å². The molecule has 0 spiro atoms. The van der Waals surface area contributed by atoms with E-state index in [4.69, 9.17) is 0 Å². The van der Waals surface area contributed by atoms with Gasteiger partial charge in [-0.2, -0.15) is 0 Å². The molecule has 0 aromatic rings. The number of rotatable bonds is 7. The monoisotopic (exact) mass is 279 g/mol. The summed E-state index contributed by atoms with van der Waals surface area (Å²) in [4.78, 5) is 17.0. The summed E-state index contributed by atoms with van der Waals surface area (Å²) in [5.41, 5.74) is 1.26. The summed E-state index contributed by atoms with van der Waals surface area (Å²) in [6.45, 7) is 8.73. The molecule has 1 saturated heterocycles. The molecule has 0 bridgehead atoms. The minimum Gasteiger partial charge on any atom is -0.316 e. The van der Waals surface area contributed by atoms with Crippen LogP contribution in [0.2, 0.25) is 0 Å². The van der Waals surface area contributed by atoms with Gasteiger partial charge >= 0.3 is 0 Å². The molecule has 1 amide bonds. The molecule has 0 unspecified atom stereocenters. The molecule has 0 saturated carbocycles. The van der Waals surface area contributed by atoms with Crippen molar-refractivity contribution in [1.82, 2.24) is 15.1 Å². The minimum absolute atomic E-state index is 0.279. The average Bonchev–Trinajstić information content (AvgIpc) is 2.39. The fourth-order valence-electron chi connectivity index (χ4n) is 3.07. The fraction of sp³-hybridized carbons (Fsp3) is 0.812. The summed E-state index contributed by atoms with van der Waals surface area (Å²) in [7, 11) is 0. The van der Waals surface area contributed by atoms with Crippen molar-refractivity contribution in [3.05, 3.63) is 11.8 Å². The highest BCUT2D eigenvalue weighted by Gasteiger charge is 2.27. The van der Waals surface area contributed by atoms with Crippen LogP contribution in [-0.2, 0) is 4.79 Å². The van der Waals surface area contributed by atoms with Crippen LogP contribution >= 0.6 is 0 Å². The molecule has 1 aliphatic heterocycles. The zero-order valence-electron chi connectivity index (χ0n) is 13.0. The van der Waals surface area contributed by atoms with Crippen LogP contribution in [0.25, 0.3) is 0 Å². The van der Waals surface area contributed by atoms with Crippen molar-refractivity contribution in [2.24, 2.45) is 0 Å². The molecule has 4 nitrogen and oxygen atoms in total. The minimum atomic E-state index is 0.279. The average molecular weight is 279 g/mol. The van der Waals surface area contributed by atoms with Gasteiger partial charge in [0.05, 0.1) is 6.54 Å². The Morgan fingerprint density at radius 1 is 1.35 bits per heavy atom. The molecule has 1 fully saturated rings. The number of allylic oxidation sites excluding steroid dienone is 2. The van der Waals surface area contributed by atoms with Gasteiger partial charge in [-0.1, -0.05) is 13.0 Å². The third-order valence-corrected chi connectivity index (χ3v) is 4.36. The highest BCUT2D eigenvalue weighted by atomic mass is 16.2. The van der Waals surface area contributed by atoms with Crippen molar-refractivity contribution in [2.45, 2.75) is 52.0 Å². The van der Waals surface area contributed by atoms with E-state index in [0.717, 1.165) is 45.4 Å². The summed E-state index contributed by atoms with van der Waals surface area (Å²) in [6.07, 6.45) is 8.06. The Morgan fingerprint density at radius 3 is 2.65 bits per heavy atom. The lowest BCUT2D eigenvalue weighted by atomic mass is 10.0. The van der Waals surface area contributed by atoms with Crippen LogP contribution in [0.1, 0.15) is 46.0 Å². The number of hydrogen-bond donors (Lipinski definition) is 1. The molecular weight excluding hydrogens is 250 g/mol. The molecule has 2 rings (SSSR count). The maximum absolute atomic E-state index is 12.6. The highest BCUT2D eigenvalue weighted by molar-refractivity contribution is 5.80. The van der Waals surface area contributed by atoms with Gasteiger partial charge in [-0.25, -0.2) is 0 Å². The maximum atomic E-state index is 12.6. The Morgan fingerprint density at radius 2 is 2.15 bits per heavy atom. The molecule has 0 aromatic heterocycles. The van der Waals surface area contributed by atoms with E-state index in [0.29, 0.717) is 12.6 Å². The summed E-state index contributed by atoms with van der Waals surface area (Å²) in [5, 5.41) is 3.30. The second-order valence-corrected chi connectivity index (χ2v) is 5.86. The standard InChI is InChI=1S/C16H29N3O/c1-3-10-18(15-11-17-12-15)13-16(20)19(4-2)14-8-6-5-7-9-14/h8,15,17H,3-7,9-13H2,1-2H3. The summed E-state index contributed by atoms with van der Waals surface area (Å²) in [5.74, 6) is 0.279. The van der Waals surface area contributed by atoms with E-state index in [9.17, 15) is 4.79 Å². The number of nitrogens with one attached hydrogen (secondary N) is 1. The van der Waals surface area contributed by atoms with Gasteiger partial charge in [0.1, 0.15) is 0 Å². The van der Waals surface area contributed by atoms with Crippen LogP contribution in [0.3, 0.4) is 0 Å². The number of amides is 1. The zero-order valence-corrected chi connectivity index (χ0v) is 13.0. The van der Waals surface area contributed by atoms with E-state index < -0.39 is 0 Å². The van der Waals surface area contributed by atoms with E-state index in [1.807, 2.05) is 4.90 Å². The Balaban J connectivity index is 1.94. The molecule has 1 N–H and O–H groups in total. The molecule has 1 aliphatic carbocycles. The largest absolute Gasteiger partial charge is 0.316 e. The lowest BCUT2D eigenvalue weighted by Crippen LogP contribution is -2.59.